The van der Waals surface area contributed by atoms with Gasteiger partial charge in [0.2, 0.25) is 0 Å². The molecule has 1 atom stereocenters. The van der Waals surface area contributed by atoms with Crippen LogP contribution in [0.25, 0.3) is 0 Å². The van der Waals surface area contributed by atoms with Crippen molar-refractivity contribution in [1.29, 1.82) is 0 Å². The Morgan fingerprint density at radius 2 is 2.00 bits per heavy atom. The minimum Gasteiger partial charge on any atom is -0.348 e. The largest absolute Gasteiger partial charge is 0.348 e. The highest BCUT2D eigenvalue weighted by atomic mass is 32.1. The summed E-state index contributed by atoms with van der Waals surface area (Å²) in [5, 5.41) is 4.22. The van der Waals surface area contributed by atoms with Gasteiger partial charge in [-0.3, -0.25) is 4.98 Å². The van der Waals surface area contributed by atoms with Crippen LogP contribution in [0.5, 0.6) is 0 Å². The first-order valence-electron chi connectivity index (χ1n) is 8.84. The number of pyridine rings is 1. The highest BCUT2D eigenvalue weighted by Gasteiger charge is 2.30. The molecule has 0 bridgehead atoms. The van der Waals surface area contributed by atoms with Gasteiger partial charge in [-0.05, 0) is 67.0 Å². The third-order valence-corrected chi connectivity index (χ3v) is 5.48. The molecule has 4 rings (SSSR count). The molecular weight excluding hydrogens is 340 g/mol. The van der Waals surface area contributed by atoms with Crippen molar-refractivity contribution in [3.63, 3.8) is 0 Å². The second-order valence-electron chi connectivity index (χ2n) is 6.69. The molecule has 1 aliphatic heterocycles. The van der Waals surface area contributed by atoms with Gasteiger partial charge < -0.3 is 14.8 Å². The SMILES string of the molecule is Cc1cccc(NC(=S)N2CCn3cccc3C2c2cccnc2)c1C. The zero-order valence-electron chi connectivity index (χ0n) is 15.0. The molecule has 1 unspecified atom stereocenters. The van der Waals surface area contributed by atoms with E-state index in [1.807, 2.05) is 18.5 Å². The first-order valence-corrected chi connectivity index (χ1v) is 9.25. The first-order chi connectivity index (χ1) is 12.6. The van der Waals surface area contributed by atoms with E-state index in [4.69, 9.17) is 12.2 Å². The normalized spacial score (nSPS) is 16.2. The molecule has 4 nitrogen and oxygen atoms in total. The molecule has 0 saturated carbocycles. The van der Waals surface area contributed by atoms with Crippen molar-refractivity contribution in [3.05, 3.63) is 83.4 Å². The van der Waals surface area contributed by atoms with Crippen LogP contribution in [0.4, 0.5) is 5.69 Å². The second-order valence-corrected chi connectivity index (χ2v) is 7.07. The van der Waals surface area contributed by atoms with Gasteiger partial charge in [0.1, 0.15) is 0 Å². The van der Waals surface area contributed by atoms with Gasteiger partial charge in [0.05, 0.1) is 6.04 Å². The molecule has 2 aromatic heterocycles. The van der Waals surface area contributed by atoms with E-state index in [-0.39, 0.29) is 6.04 Å². The molecule has 1 aliphatic rings. The lowest BCUT2D eigenvalue weighted by Crippen LogP contribution is -2.44. The van der Waals surface area contributed by atoms with Crippen LogP contribution in [0.3, 0.4) is 0 Å². The Morgan fingerprint density at radius 1 is 1.12 bits per heavy atom. The fraction of sp³-hybridized carbons (Fsp3) is 0.238. The molecule has 1 N–H and O–H groups in total. The van der Waals surface area contributed by atoms with Crippen LogP contribution in [0.1, 0.15) is 28.4 Å². The third-order valence-electron chi connectivity index (χ3n) is 5.15. The summed E-state index contributed by atoms with van der Waals surface area (Å²) in [6.45, 7) is 6.03. The maximum absolute atomic E-state index is 5.82. The summed E-state index contributed by atoms with van der Waals surface area (Å²) in [7, 11) is 0. The van der Waals surface area contributed by atoms with Crippen LogP contribution in [0.2, 0.25) is 0 Å². The molecule has 26 heavy (non-hydrogen) atoms. The van der Waals surface area contributed by atoms with E-state index in [9.17, 15) is 0 Å². The fourth-order valence-corrected chi connectivity index (χ4v) is 3.87. The maximum Gasteiger partial charge on any atom is 0.174 e. The average molecular weight is 363 g/mol. The number of aromatic nitrogens is 2. The Kier molecular flexibility index (Phi) is 4.47. The van der Waals surface area contributed by atoms with E-state index in [1.165, 1.54) is 16.8 Å². The lowest BCUT2D eigenvalue weighted by atomic mass is 10.0. The van der Waals surface area contributed by atoms with Gasteiger partial charge in [0.25, 0.3) is 0 Å². The van der Waals surface area contributed by atoms with Crippen molar-refractivity contribution in [3.8, 4) is 0 Å². The summed E-state index contributed by atoms with van der Waals surface area (Å²) in [4.78, 5) is 6.59. The van der Waals surface area contributed by atoms with Crippen molar-refractivity contribution in [2.75, 3.05) is 11.9 Å². The Bertz CT molecular complexity index is 932. The van der Waals surface area contributed by atoms with Gasteiger partial charge in [0.15, 0.2) is 5.11 Å². The lowest BCUT2D eigenvalue weighted by molar-refractivity contribution is 0.293. The molecule has 0 spiro atoms. The van der Waals surface area contributed by atoms with E-state index in [0.29, 0.717) is 0 Å². The van der Waals surface area contributed by atoms with Crippen LogP contribution in [0.15, 0.2) is 61.1 Å². The smallest absolute Gasteiger partial charge is 0.174 e. The van der Waals surface area contributed by atoms with Crippen molar-refractivity contribution in [2.45, 2.75) is 26.4 Å². The molecule has 3 heterocycles. The number of aryl methyl sites for hydroxylation is 1. The maximum atomic E-state index is 5.82. The van der Waals surface area contributed by atoms with Crippen LogP contribution < -0.4 is 5.32 Å². The van der Waals surface area contributed by atoms with Crippen LogP contribution >= 0.6 is 12.2 Å². The van der Waals surface area contributed by atoms with E-state index >= 15 is 0 Å². The van der Waals surface area contributed by atoms with Crippen molar-refractivity contribution in [1.82, 2.24) is 14.5 Å². The molecule has 132 valence electrons. The quantitative estimate of drug-likeness (QED) is 0.689. The van der Waals surface area contributed by atoms with Crippen LogP contribution in [-0.2, 0) is 6.54 Å². The zero-order valence-corrected chi connectivity index (χ0v) is 15.8. The molecule has 0 amide bonds. The van der Waals surface area contributed by atoms with Crippen molar-refractivity contribution < 1.29 is 0 Å². The number of fused-ring (bicyclic) bond motifs is 1. The van der Waals surface area contributed by atoms with Crippen LogP contribution in [-0.4, -0.2) is 26.1 Å². The number of benzene rings is 1. The molecule has 0 aliphatic carbocycles. The van der Waals surface area contributed by atoms with E-state index in [1.54, 1.807) is 0 Å². The van der Waals surface area contributed by atoms with Crippen molar-refractivity contribution in [2.24, 2.45) is 0 Å². The number of nitrogens with one attached hydrogen (secondary N) is 1. The van der Waals surface area contributed by atoms with Gasteiger partial charge in [-0.2, -0.15) is 0 Å². The molecular formula is C21H22N4S. The molecule has 0 radical (unpaired) electrons. The number of nitrogens with zero attached hydrogens (tertiary/aromatic N) is 3. The van der Waals surface area contributed by atoms with E-state index in [2.05, 4.69) is 76.2 Å². The van der Waals surface area contributed by atoms with Crippen molar-refractivity contribution >= 4 is 23.0 Å². The second kappa shape index (κ2) is 6.92. The molecule has 0 saturated heterocycles. The lowest BCUT2D eigenvalue weighted by Gasteiger charge is -2.39. The van der Waals surface area contributed by atoms with Gasteiger partial charge in [-0.1, -0.05) is 18.2 Å². The topological polar surface area (TPSA) is 33.1 Å². The summed E-state index contributed by atoms with van der Waals surface area (Å²) in [6, 6.07) is 14.7. The molecule has 0 fully saturated rings. The number of hydrogen-bond donors (Lipinski definition) is 1. The Morgan fingerprint density at radius 3 is 2.81 bits per heavy atom. The van der Waals surface area contributed by atoms with E-state index < -0.39 is 0 Å². The minimum absolute atomic E-state index is 0.0672. The third kappa shape index (κ3) is 2.99. The van der Waals surface area contributed by atoms with Gasteiger partial charge in [0, 0.05) is 43.1 Å². The van der Waals surface area contributed by atoms with Gasteiger partial charge >= 0.3 is 0 Å². The Balaban J connectivity index is 1.68. The minimum atomic E-state index is 0.0672. The summed E-state index contributed by atoms with van der Waals surface area (Å²) >= 11 is 5.82. The van der Waals surface area contributed by atoms with E-state index in [0.717, 1.165) is 29.5 Å². The summed E-state index contributed by atoms with van der Waals surface area (Å²) in [5.41, 5.74) is 5.95. The molecule has 1 aromatic carbocycles. The Labute approximate surface area is 159 Å². The monoisotopic (exact) mass is 362 g/mol. The molecule has 3 aromatic rings. The number of rotatable bonds is 2. The Hall–Kier alpha value is -2.66. The summed E-state index contributed by atoms with van der Waals surface area (Å²) in [6.07, 6.45) is 5.88. The number of hydrogen-bond acceptors (Lipinski definition) is 2. The highest BCUT2D eigenvalue weighted by Crippen LogP contribution is 2.32. The van der Waals surface area contributed by atoms with Crippen LogP contribution in [0, 0.1) is 13.8 Å². The first kappa shape index (κ1) is 16.8. The highest BCUT2D eigenvalue weighted by molar-refractivity contribution is 7.80. The summed E-state index contributed by atoms with van der Waals surface area (Å²) < 4.78 is 2.30. The predicted molar refractivity (Wildman–Crippen MR) is 109 cm³/mol. The average Bonchev–Trinajstić information content (AvgIpc) is 3.14. The predicted octanol–water partition coefficient (Wildman–Crippen LogP) is 4.30. The number of anilines is 1. The molecule has 5 heteroatoms. The van der Waals surface area contributed by atoms with Gasteiger partial charge in [-0.25, -0.2) is 0 Å². The van der Waals surface area contributed by atoms with Gasteiger partial charge in [-0.15, -0.1) is 0 Å². The summed E-state index contributed by atoms with van der Waals surface area (Å²) in [5.74, 6) is 0. The fourth-order valence-electron chi connectivity index (χ4n) is 3.56. The number of thiocarbonyl (C=S) groups is 1. The zero-order chi connectivity index (χ0) is 18.1. The standard InChI is InChI=1S/C21H22N4S/c1-15-6-3-8-18(16(15)2)23-21(26)25-13-12-24-11-5-9-19(24)20(25)17-7-4-10-22-14-17/h3-11,14,20H,12-13H2,1-2H3,(H,23,26).